The van der Waals surface area contributed by atoms with Gasteiger partial charge in [-0.3, -0.25) is 9.59 Å². The maximum atomic E-state index is 11.9. The zero-order valence-electron chi connectivity index (χ0n) is 12.5. The van der Waals surface area contributed by atoms with Gasteiger partial charge >= 0.3 is 5.97 Å². The third-order valence-electron chi connectivity index (χ3n) is 3.42. The third kappa shape index (κ3) is 3.94. The average Bonchev–Trinajstić information content (AvgIpc) is 2.91. The fourth-order valence-electron chi connectivity index (χ4n) is 2.08. The summed E-state index contributed by atoms with van der Waals surface area (Å²) in [7, 11) is 0. The minimum absolute atomic E-state index is 0.0361. The predicted molar refractivity (Wildman–Crippen MR) is 79.6 cm³/mol. The SMILES string of the molecule is Cc1ccc(C[C@H](CNC(=O)c2ncoc2C)C(=O)O)cc1. The highest BCUT2D eigenvalue weighted by Crippen LogP contribution is 2.11. The second-order valence-electron chi connectivity index (χ2n) is 5.19. The van der Waals surface area contributed by atoms with Crippen molar-refractivity contribution in [2.45, 2.75) is 20.3 Å². The van der Waals surface area contributed by atoms with Crippen molar-refractivity contribution in [3.05, 3.63) is 53.2 Å². The molecule has 2 aromatic rings. The molecule has 0 radical (unpaired) electrons. The smallest absolute Gasteiger partial charge is 0.308 e. The summed E-state index contributed by atoms with van der Waals surface area (Å²) >= 11 is 0. The fourth-order valence-corrected chi connectivity index (χ4v) is 2.08. The van der Waals surface area contributed by atoms with Crippen LogP contribution in [0.15, 0.2) is 35.1 Å². The summed E-state index contributed by atoms with van der Waals surface area (Å²) < 4.78 is 4.96. The average molecular weight is 302 g/mol. The van der Waals surface area contributed by atoms with Gasteiger partial charge in [-0.15, -0.1) is 0 Å². The molecule has 0 aliphatic rings. The highest BCUT2D eigenvalue weighted by molar-refractivity contribution is 5.93. The van der Waals surface area contributed by atoms with Gasteiger partial charge in [0.1, 0.15) is 5.76 Å². The number of rotatable bonds is 6. The Labute approximate surface area is 128 Å². The summed E-state index contributed by atoms with van der Waals surface area (Å²) in [5.74, 6) is -1.67. The van der Waals surface area contributed by atoms with Crippen molar-refractivity contribution in [1.82, 2.24) is 10.3 Å². The third-order valence-corrected chi connectivity index (χ3v) is 3.42. The summed E-state index contributed by atoms with van der Waals surface area (Å²) in [5, 5.41) is 11.9. The quantitative estimate of drug-likeness (QED) is 0.851. The number of aromatic nitrogens is 1. The molecule has 0 aliphatic heterocycles. The monoisotopic (exact) mass is 302 g/mol. The zero-order valence-corrected chi connectivity index (χ0v) is 12.5. The van der Waals surface area contributed by atoms with Crippen LogP contribution in [-0.4, -0.2) is 28.5 Å². The Morgan fingerprint density at radius 3 is 2.50 bits per heavy atom. The van der Waals surface area contributed by atoms with Crippen LogP contribution in [0.25, 0.3) is 0 Å². The molecule has 2 rings (SSSR count). The van der Waals surface area contributed by atoms with Gasteiger partial charge < -0.3 is 14.8 Å². The lowest BCUT2D eigenvalue weighted by atomic mass is 9.98. The summed E-state index contributed by atoms with van der Waals surface area (Å²) in [6, 6.07) is 7.67. The van der Waals surface area contributed by atoms with Crippen LogP contribution in [-0.2, 0) is 11.2 Å². The van der Waals surface area contributed by atoms with E-state index in [0.29, 0.717) is 12.2 Å². The Morgan fingerprint density at radius 2 is 1.95 bits per heavy atom. The van der Waals surface area contributed by atoms with Gasteiger partial charge in [0.2, 0.25) is 0 Å². The lowest BCUT2D eigenvalue weighted by Crippen LogP contribution is -2.34. The Balaban J connectivity index is 1.97. The summed E-state index contributed by atoms with van der Waals surface area (Å²) in [6.07, 6.45) is 1.54. The normalized spacial score (nSPS) is 11.9. The van der Waals surface area contributed by atoms with Crippen molar-refractivity contribution in [3.8, 4) is 0 Å². The first-order valence-corrected chi connectivity index (χ1v) is 6.94. The van der Waals surface area contributed by atoms with E-state index in [1.165, 1.54) is 6.39 Å². The number of hydrogen-bond acceptors (Lipinski definition) is 4. The molecule has 0 spiro atoms. The molecule has 1 aromatic heterocycles. The number of oxazole rings is 1. The van der Waals surface area contributed by atoms with Crippen LogP contribution in [0.2, 0.25) is 0 Å². The molecule has 0 saturated carbocycles. The lowest BCUT2D eigenvalue weighted by molar-refractivity contribution is -0.141. The number of hydrogen-bond donors (Lipinski definition) is 2. The number of benzene rings is 1. The van der Waals surface area contributed by atoms with Crippen LogP contribution < -0.4 is 5.32 Å². The van der Waals surface area contributed by atoms with Gasteiger partial charge in [0, 0.05) is 6.54 Å². The number of amides is 1. The van der Waals surface area contributed by atoms with Gasteiger partial charge in [-0.05, 0) is 25.8 Å². The number of nitrogens with zero attached hydrogens (tertiary/aromatic N) is 1. The summed E-state index contributed by atoms with van der Waals surface area (Å²) in [4.78, 5) is 27.1. The second-order valence-corrected chi connectivity index (χ2v) is 5.19. The summed E-state index contributed by atoms with van der Waals surface area (Å²) in [5.41, 5.74) is 2.22. The first-order chi connectivity index (χ1) is 10.5. The number of aliphatic carboxylic acids is 1. The van der Waals surface area contributed by atoms with Gasteiger partial charge in [-0.2, -0.15) is 0 Å². The molecule has 0 bridgehead atoms. The number of carboxylic acid groups (broad SMARTS) is 1. The maximum absolute atomic E-state index is 11.9. The van der Waals surface area contributed by atoms with Crippen molar-refractivity contribution < 1.29 is 19.1 Å². The van der Waals surface area contributed by atoms with E-state index in [0.717, 1.165) is 11.1 Å². The Bertz CT molecular complexity index is 661. The molecule has 0 fully saturated rings. The maximum Gasteiger partial charge on any atom is 0.308 e. The van der Waals surface area contributed by atoms with E-state index in [4.69, 9.17) is 4.42 Å². The van der Waals surface area contributed by atoms with Crippen molar-refractivity contribution in [2.75, 3.05) is 6.54 Å². The van der Waals surface area contributed by atoms with E-state index in [-0.39, 0.29) is 12.2 Å². The number of nitrogens with one attached hydrogen (secondary N) is 1. The van der Waals surface area contributed by atoms with Gasteiger partial charge in [0.15, 0.2) is 12.1 Å². The number of carbonyl (C=O) groups is 2. The molecule has 6 heteroatoms. The van der Waals surface area contributed by atoms with E-state index in [2.05, 4.69) is 10.3 Å². The zero-order chi connectivity index (χ0) is 16.1. The molecule has 22 heavy (non-hydrogen) atoms. The fraction of sp³-hybridized carbons (Fsp3) is 0.312. The van der Waals surface area contributed by atoms with E-state index in [1.54, 1.807) is 6.92 Å². The van der Waals surface area contributed by atoms with Crippen LogP contribution in [0.1, 0.15) is 27.4 Å². The highest BCUT2D eigenvalue weighted by Gasteiger charge is 2.21. The molecule has 0 unspecified atom stereocenters. The topological polar surface area (TPSA) is 92.4 Å². The first kappa shape index (κ1) is 15.8. The minimum atomic E-state index is -0.947. The number of carbonyl (C=O) groups excluding carboxylic acids is 1. The van der Waals surface area contributed by atoms with Gasteiger partial charge in [-0.1, -0.05) is 29.8 Å². The molecular formula is C16H18N2O4. The summed E-state index contributed by atoms with van der Waals surface area (Å²) in [6.45, 7) is 3.64. The highest BCUT2D eigenvalue weighted by atomic mass is 16.4. The first-order valence-electron chi connectivity index (χ1n) is 6.94. The molecule has 1 aromatic carbocycles. The van der Waals surface area contributed by atoms with Crippen molar-refractivity contribution in [3.63, 3.8) is 0 Å². The van der Waals surface area contributed by atoms with E-state index in [9.17, 15) is 14.7 Å². The van der Waals surface area contributed by atoms with Gasteiger partial charge in [-0.25, -0.2) is 4.98 Å². The van der Waals surface area contributed by atoms with Crippen LogP contribution >= 0.6 is 0 Å². The molecule has 0 aliphatic carbocycles. The van der Waals surface area contributed by atoms with Gasteiger partial charge in [0.05, 0.1) is 5.92 Å². The second kappa shape index (κ2) is 6.89. The molecule has 116 valence electrons. The molecule has 1 amide bonds. The number of aryl methyl sites for hydroxylation is 2. The molecule has 6 nitrogen and oxygen atoms in total. The van der Waals surface area contributed by atoms with Crippen molar-refractivity contribution in [1.29, 1.82) is 0 Å². The Morgan fingerprint density at radius 1 is 1.27 bits per heavy atom. The van der Waals surface area contributed by atoms with Crippen LogP contribution in [0.3, 0.4) is 0 Å². The van der Waals surface area contributed by atoms with Crippen LogP contribution in [0, 0.1) is 19.8 Å². The Hall–Kier alpha value is -2.63. The predicted octanol–water partition coefficient (Wildman–Crippen LogP) is 1.96. The van der Waals surface area contributed by atoms with Crippen LogP contribution in [0.5, 0.6) is 0 Å². The molecule has 0 saturated heterocycles. The van der Waals surface area contributed by atoms with E-state index < -0.39 is 17.8 Å². The van der Waals surface area contributed by atoms with E-state index in [1.807, 2.05) is 31.2 Å². The minimum Gasteiger partial charge on any atom is -0.481 e. The van der Waals surface area contributed by atoms with Gasteiger partial charge in [0.25, 0.3) is 5.91 Å². The largest absolute Gasteiger partial charge is 0.481 e. The standard InChI is InChI=1S/C16H18N2O4/c1-10-3-5-12(6-4-10)7-13(16(20)21)8-17-15(19)14-11(2)22-9-18-14/h3-6,9,13H,7-8H2,1-2H3,(H,17,19)(H,20,21)/t13-/m1/s1. The molecule has 1 atom stereocenters. The molecule has 2 N–H and O–H groups in total. The van der Waals surface area contributed by atoms with E-state index >= 15 is 0 Å². The number of carboxylic acids is 1. The van der Waals surface area contributed by atoms with Crippen LogP contribution in [0.4, 0.5) is 0 Å². The Kier molecular flexibility index (Phi) is 4.93. The molecular weight excluding hydrogens is 284 g/mol. The van der Waals surface area contributed by atoms with Crippen molar-refractivity contribution in [2.24, 2.45) is 5.92 Å². The molecule has 1 heterocycles. The van der Waals surface area contributed by atoms with Crippen molar-refractivity contribution >= 4 is 11.9 Å². The lowest BCUT2D eigenvalue weighted by Gasteiger charge is -2.13.